The van der Waals surface area contributed by atoms with Crippen LogP contribution in [-0.2, 0) is 16.0 Å². The lowest BCUT2D eigenvalue weighted by molar-refractivity contribution is -0.128. The lowest BCUT2D eigenvalue weighted by atomic mass is 9.81. The van der Waals surface area contributed by atoms with Crippen LogP contribution in [0, 0.1) is 23.2 Å². The second-order valence-electron chi connectivity index (χ2n) is 7.61. The molecule has 0 aliphatic heterocycles. The fourth-order valence-corrected chi connectivity index (χ4v) is 3.78. The Morgan fingerprint density at radius 3 is 2.14 bits per heavy atom. The van der Waals surface area contributed by atoms with E-state index in [9.17, 15) is 9.59 Å². The minimum atomic E-state index is -0.0622. The van der Waals surface area contributed by atoms with Crippen LogP contribution < -0.4 is 10.6 Å². The predicted molar refractivity (Wildman–Crippen MR) is 113 cm³/mol. The third kappa shape index (κ3) is 6.18. The van der Waals surface area contributed by atoms with Crippen molar-refractivity contribution in [3.8, 4) is 6.07 Å². The molecule has 2 N–H and O–H groups in total. The minimum Gasteiger partial charge on any atom is -0.356 e. The highest BCUT2D eigenvalue weighted by Gasteiger charge is 2.29. The number of carbonyl (C=O) groups is 2. The van der Waals surface area contributed by atoms with Gasteiger partial charge < -0.3 is 10.6 Å². The van der Waals surface area contributed by atoms with E-state index in [1.54, 1.807) is 24.3 Å². The van der Waals surface area contributed by atoms with Gasteiger partial charge in [-0.1, -0.05) is 30.3 Å². The van der Waals surface area contributed by atoms with Crippen molar-refractivity contribution < 1.29 is 9.59 Å². The molecule has 0 bridgehead atoms. The number of anilines is 1. The molecule has 0 unspecified atom stereocenters. The van der Waals surface area contributed by atoms with Crippen molar-refractivity contribution in [2.45, 2.75) is 38.5 Å². The van der Waals surface area contributed by atoms with Gasteiger partial charge in [0.25, 0.3) is 0 Å². The number of amides is 2. The number of hydrogen-bond donors (Lipinski definition) is 2. The van der Waals surface area contributed by atoms with Gasteiger partial charge in [0.1, 0.15) is 0 Å². The molecular weight excluding hydrogens is 362 g/mol. The van der Waals surface area contributed by atoms with Crippen LogP contribution in [-0.4, -0.2) is 18.4 Å². The smallest absolute Gasteiger partial charge is 0.227 e. The number of nitrogens with zero attached hydrogens (tertiary/aromatic N) is 1. The summed E-state index contributed by atoms with van der Waals surface area (Å²) in [5.41, 5.74) is 2.56. The van der Waals surface area contributed by atoms with Crippen molar-refractivity contribution in [3.05, 3.63) is 65.7 Å². The SMILES string of the molecule is N#Cc1ccc(NC(=O)C2CCC(C(=O)NCCCc3ccccc3)CC2)cc1. The molecule has 1 aliphatic carbocycles. The van der Waals surface area contributed by atoms with Gasteiger partial charge in [0, 0.05) is 24.1 Å². The Kier molecular flexibility index (Phi) is 7.40. The van der Waals surface area contributed by atoms with Gasteiger partial charge >= 0.3 is 0 Å². The topological polar surface area (TPSA) is 82.0 Å². The highest BCUT2D eigenvalue weighted by atomic mass is 16.2. The summed E-state index contributed by atoms with van der Waals surface area (Å²) in [6.45, 7) is 0.687. The van der Waals surface area contributed by atoms with Gasteiger partial charge in [0.05, 0.1) is 11.6 Å². The lowest BCUT2D eigenvalue weighted by Crippen LogP contribution is -2.36. The lowest BCUT2D eigenvalue weighted by Gasteiger charge is -2.27. The molecule has 0 heterocycles. The van der Waals surface area contributed by atoms with E-state index in [4.69, 9.17) is 5.26 Å². The highest BCUT2D eigenvalue weighted by molar-refractivity contribution is 5.92. The Morgan fingerprint density at radius 1 is 0.897 bits per heavy atom. The molecule has 1 aliphatic rings. The first-order valence-electron chi connectivity index (χ1n) is 10.3. The molecule has 29 heavy (non-hydrogen) atoms. The number of nitriles is 1. The van der Waals surface area contributed by atoms with E-state index in [-0.39, 0.29) is 23.7 Å². The molecule has 0 atom stereocenters. The van der Waals surface area contributed by atoms with Crippen molar-refractivity contribution in [3.63, 3.8) is 0 Å². The van der Waals surface area contributed by atoms with Gasteiger partial charge in [0.2, 0.25) is 11.8 Å². The van der Waals surface area contributed by atoms with E-state index < -0.39 is 0 Å². The number of hydrogen-bond acceptors (Lipinski definition) is 3. The number of carbonyl (C=O) groups excluding carboxylic acids is 2. The molecule has 5 heteroatoms. The summed E-state index contributed by atoms with van der Waals surface area (Å²) in [7, 11) is 0. The van der Waals surface area contributed by atoms with Crippen molar-refractivity contribution >= 4 is 17.5 Å². The van der Waals surface area contributed by atoms with Crippen molar-refractivity contribution in [2.75, 3.05) is 11.9 Å². The quantitative estimate of drug-likeness (QED) is 0.701. The maximum Gasteiger partial charge on any atom is 0.227 e. The van der Waals surface area contributed by atoms with Crippen molar-refractivity contribution in [2.24, 2.45) is 11.8 Å². The monoisotopic (exact) mass is 389 g/mol. The molecule has 0 spiro atoms. The Hall–Kier alpha value is -3.13. The summed E-state index contributed by atoms with van der Waals surface area (Å²) in [5, 5.41) is 14.8. The summed E-state index contributed by atoms with van der Waals surface area (Å²) in [5.74, 6) is 0.0545. The maximum absolute atomic E-state index is 12.5. The Balaban J connectivity index is 1.36. The van der Waals surface area contributed by atoms with Crippen LogP contribution >= 0.6 is 0 Å². The standard InChI is InChI=1S/C24H27N3O2/c25-17-19-8-14-22(15-9-19)27-24(29)21-12-10-20(11-13-21)23(28)26-16-4-7-18-5-2-1-3-6-18/h1-3,5-6,8-9,14-15,20-21H,4,7,10-13,16H2,(H,26,28)(H,27,29). The van der Waals surface area contributed by atoms with Crippen LogP contribution in [0.15, 0.2) is 54.6 Å². The van der Waals surface area contributed by atoms with Gasteiger partial charge in [-0.15, -0.1) is 0 Å². The summed E-state index contributed by atoms with van der Waals surface area (Å²) in [6, 6.07) is 19.2. The second kappa shape index (κ2) is 10.4. The normalized spacial score (nSPS) is 18.4. The maximum atomic E-state index is 12.5. The molecule has 3 rings (SSSR count). The Bertz CT molecular complexity index is 848. The van der Waals surface area contributed by atoms with E-state index in [0.717, 1.165) is 38.5 Å². The zero-order chi connectivity index (χ0) is 20.5. The molecule has 0 saturated heterocycles. The number of rotatable bonds is 7. The van der Waals surface area contributed by atoms with E-state index in [1.807, 2.05) is 18.2 Å². The van der Waals surface area contributed by atoms with E-state index in [0.29, 0.717) is 17.8 Å². The minimum absolute atomic E-state index is 0.00331. The molecule has 1 saturated carbocycles. The third-order valence-corrected chi connectivity index (χ3v) is 5.53. The van der Waals surface area contributed by atoms with Crippen molar-refractivity contribution in [1.29, 1.82) is 5.26 Å². The summed E-state index contributed by atoms with van der Waals surface area (Å²) in [6.07, 6.45) is 4.84. The molecule has 150 valence electrons. The summed E-state index contributed by atoms with van der Waals surface area (Å²) >= 11 is 0. The van der Waals surface area contributed by atoms with E-state index in [2.05, 4.69) is 28.8 Å². The molecule has 0 radical (unpaired) electrons. The van der Waals surface area contributed by atoms with Crippen LogP contribution in [0.4, 0.5) is 5.69 Å². The molecular formula is C24H27N3O2. The molecule has 1 fully saturated rings. The molecule has 2 aromatic rings. The largest absolute Gasteiger partial charge is 0.356 e. The molecule has 0 aromatic heterocycles. The first-order chi connectivity index (χ1) is 14.2. The summed E-state index contributed by atoms with van der Waals surface area (Å²) in [4.78, 5) is 24.9. The zero-order valence-electron chi connectivity index (χ0n) is 16.6. The summed E-state index contributed by atoms with van der Waals surface area (Å²) < 4.78 is 0. The predicted octanol–water partition coefficient (Wildman–Crippen LogP) is 4.05. The van der Waals surface area contributed by atoms with Gasteiger partial charge in [-0.05, 0) is 68.4 Å². The Morgan fingerprint density at radius 2 is 1.52 bits per heavy atom. The Labute approximate surface area is 172 Å². The third-order valence-electron chi connectivity index (χ3n) is 5.53. The number of benzene rings is 2. The molecule has 2 amide bonds. The van der Waals surface area contributed by atoms with Gasteiger partial charge in [-0.3, -0.25) is 9.59 Å². The first-order valence-corrected chi connectivity index (χ1v) is 10.3. The van der Waals surface area contributed by atoms with Crippen LogP contribution in [0.25, 0.3) is 0 Å². The molecule has 5 nitrogen and oxygen atoms in total. The second-order valence-corrected chi connectivity index (χ2v) is 7.61. The van der Waals surface area contributed by atoms with Gasteiger partial charge in [0.15, 0.2) is 0 Å². The van der Waals surface area contributed by atoms with Crippen LogP contribution in [0.1, 0.15) is 43.2 Å². The molecule has 2 aromatic carbocycles. The zero-order valence-corrected chi connectivity index (χ0v) is 16.6. The van der Waals surface area contributed by atoms with Gasteiger partial charge in [-0.2, -0.15) is 5.26 Å². The average molecular weight is 389 g/mol. The van der Waals surface area contributed by atoms with Crippen LogP contribution in [0.5, 0.6) is 0 Å². The van der Waals surface area contributed by atoms with Crippen LogP contribution in [0.3, 0.4) is 0 Å². The van der Waals surface area contributed by atoms with Crippen LogP contribution in [0.2, 0.25) is 0 Å². The fraction of sp³-hybridized carbons (Fsp3) is 0.375. The fourth-order valence-electron chi connectivity index (χ4n) is 3.78. The van der Waals surface area contributed by atoms with Crippen molar-refractivity contribution in [1.82, 2.24) is 5.32 Å². The number of nitrogens with one attached hydrogen (secondary N) is 2. The van der Waals surface area contributed by atoms with Gasteiger partial charge in [-0.25, -0.2) is 0 Å². The highest BCUT2D eigenvalue weighted by Crippen LogP contribution is 2.30. The first kappa shape index (κ1) is 20.6. The average Bonchev–Trinajstić information content (AvgIpc) is 2.78. The van der Waals surface area contributed by atoms with E-state index >= 15 is 0 Å². The van der Waals surface area contributed by atoms with E-state index in [1.165, 1.54) is 5.56 Å². The number of aryl methyl sites for hydroxylation is 1.